The molecule has 0 amide bonds. The molecule has 5 heteroatoms. The van der Waals surface area contributed by atoms with Gasteiger partial charge in [0.25, 0.3) is 0 Å². The molecular weight excluding hydrogens is 158 g/mol. The predicted molar refractivity (Wildman–Crippen MR) is 42.5 cm³/mol. The van der Waals surface area contributed by atoms with E-state index in [-0.39, 0.29) is 6.10 Å². The second-order valence-corrected chi connectivity index (χ2v) is 2.45. The van der Waals surface area contributed by atoms with Crippen LogP contribution in [0.4, 0.5) is 0 Å². The van der Waals surface area contributed by atoms with Crippen LogP contribution in [-0.4, -0.2) is 24.3 Å². The summed E-state index contributed by atoms with van der Waals surface area (Å²) in [6.07, 6.45) is -0.112. The molecule has 0 fully saturated rings. The minimum atomic E-state index is -0.112. The molecule has 0 saturated carbocycles. The Morgan fingerprint density at radius 1 is 1.67 bits per heavy atom. The fourth-order valence-corrected chi connectivity index (χ4v) is 0.762. The van der Waals surface area contributed by atoms with E-state index in [1.54, 1.807) is 7.11 Å². The number of aromatic nitrogens is 2. The molecule has 5 nitrogen and oxygen atoms in total. The third-order valence-electron chi connectivity index (χ3n) is 1.53. The smallest absolute Gasteiger partial charge is 0.240 e. The zero-order valence-electron chi connectivity index (χ0n) is 7.50. The van der Waals surface area contributed by atoms with Crippen molar-refractivity contribution in [2.75, 3.05) is 14.2 Å². The third-order valence-corrected chi connectivity index (χ3v) is 1.53. The Bertz CT molecular complexity index is 236. The molecule has 1 rings (SSSR count). The summed E-state index contributed by atoms with van der Waals surface area (Å²) in [5, 5.41) is 6.67. The maximum atomic E-state index is 5.02. The highest BCUT2D eigenvalue weighted by Crippen LogP contribution is 2.10. The van der Waals surface area contributed by atoms with Gasteiger partial charge in [0.15, 0.2) is 5.82 Å². The zero-order chi connectivity index (χ0) is 8.97. The second kappa shape index (κ2) is 4.18. The van der Waals surface area contributed by atoms with Gasteiger partial charge in [-0.2, -0.15) is 4.98 Å². The fraction of sp³-hybridized carbons (Fsp3) is 0.714. The Morgan fingerprint density at radius 3 is 3.00 bits per heavy atom. The highest BCUT2D eigenvalue weighted by molar-refractivity contribution is 4.89. The van der Waals surface area contributed by atoms with Gasteiger partial charge in [-0.3, -0.25) is 0 Å². The van der Waals surface area contributed by atoms with Gasteiger partial charge in [-0.05, 0) is 14.0 Å². The number of nitrogens with zero attached hydrogens (tertiary/aromatic N) is 2. The van der Waals surface area contributed by atoms with Crippen LogP contribution >= 0.6 is 0 Å². The number of hydrogen-bond donors (Lipinski definition) is 1. The molecule has 0 aliphatic carbocycles. The molecular formula is C7H13N3O2. The average molecular weight is 171 g/mol. The van der Waals surface area contributed by atoms with Gasteiger partial charge in [0.2, 0.25) is 5.89 Å². The first-order chi connectivity index (χ1) is 5.77. The van der Waals surface area contributed by atoms with Gasteiger partial charge in [-0.1, -0.05) is 5.16 Å². The summed E-state index contributed by atoms with van der Waals surface area (Å²) in [5.41, 5.74) is 0. The summed E-state index contributed by atoms with van der Waals surface area (Å²) in [6.45, 7) is 2.46. The van der Waals surface area contributed by atoms with Crippen LogP contribution in [0.25, 0.3) is 0 Å². The topological polar surface area (TPSA) is 60.2 Å². The molecule has 0 unspecified atom stereocenters. The largest absolute Gasteiger partial charge is 0.374 e. The van der Waals surface area contributed by atoms with Crippen LogP contribution in [0.2, 0.25) is 0 Å². The zero-order valence-corrected chi connectivity index (χ0v) is 7.50. The molecule has 1 heterocycles. The predicted octanol–water partition coefficient (Wildman–Crippen LogP) is 0.496. The van der Waals surface area contributed by atoms with Crippen molar-refractivity contribution in [3.8, 4) is 0 Å². The molecule has 12 heavy (non-hydrogen) atoms. The summed E-state index contributed by atoms with van der Waals surface area (Å²) < 4.78 is 9.95. The molecule has 0 radical (unpaired) electrons. The van der Waals surface area contributed by atoms with E-state index in [1.165, 1.54) is 0 Å². The van der Waals surface area contributed by atoms with E-state index in [2.05, 4.69) is 15.5 Å². The molecule has 0 aromatic carbocycles. The first kappa shape index (κ1) is 9.15. The van der Waals surface area contributed by atoms with Crippen molar-refractivity contribution in [1.29, 1.82) is 0 Å². The Balaban J connectivity index is 2.63. The van der Waals surface area contributed by atoms with Crippen LogP contribution in [0, 0.1) is 0 Å². The van der Waals surface area contributed by atoms with Gasteiger partial charge in [0, 0.05) is 7.11 Å². The minimum Gasteiger partial charge on any atom is -0.374 e. The van der Waals surface area contributed by atoms with E-state index < -0.39 is 0 Å². The van der Waals surface area contributed by atoms with E-state index in [4.69, 9.17) is 9.26 Å². The lowest BCUT2D eigenvalue weighted by atomic mass is 10.4. The lowest BCUT2D eigenvalue weighted by molar-refractivity contribution is 0.109. The maximum absolute atomic E-state index is 5.02. The summed E-state index contributed by atoms with van der Waals surface area (Å²) in [7, 11) is 3.43. The van der Waals surface area contributed by atoms with Crippen molar-refractivity contribution in [2.24, 2.45) is 0 Å². The van der Waals surface area contributed by atoms with Crippen LogP contribution in [0.5, 0.6) is 0 Å². The van der Waals surface area contributed by atoms with Crippen molar-refractivity contribution in [1.82, 2.24) is 15.5 Å². The first-order valence-corrected chi connectivity index (χ1v) is 3.77. The maximum Gasteiger partial charge on any atom is 0.240 e. The number of nitrogens with one attached hydrogen (secondary N) is 1. The second-order valence-electron chi connectivity index (χ2n) is 2.45. The van der Waals surface area contributed by atoms with E-state index in [9.17, 15) is 0 Å². The molecule has 0 aliphatic heterocycles. The molecule has 0 saturated heterocycles. The molecule has 1 aromatic heterocycles. The van der Waals surface area contributed by atoms with Crippen LogP contribution in [0.1, 0.15) is 24.7 Å². The fourth-order valence-electron chi connectivity index (χ4n) is 0.762. The van der Waals surface area contributed by atoms with Crippen LogP contribution in [0.3, 0.4) is 0 Å². The molecule has 0 aliphatic rings. The summed E-state index contributed by atoms with van der Waals surface area (Å²) >= 11 is 0. The highest BCUT2D eigenvalue weighted by Gasteiger charge is 2.11. The Kier molecular flexibility index (Phi) is 3.19. The van der Waals surface area contributed by atoms with E-state index in [0.717, 1.165) is 0 Å². The molecule has 1 N–H and O–H groups in total. The SMILES string of the molecule is CNCc1nc([C@@H](C)OC)no1. The Morgan fingerprint density at radius 2 is 2.42 bits per heavy atom. The molecule has 0 spiro atoms. The molecule has 0 bridgehead atoms. The van der Waals surface area contributed by atoms with Gasteiger partial charge in [0.05, 0.1) is 6.54 Å². The molecule has 68 valence electrons. The number of rotatable bonds is 4. The van der Waals surface area contributed by atoms with Gasteiger partial charge >= 0.3 is 0 Å². The monoisotopic (exact) mass is 171 g/mol. The van der Waals surface area contributed by atoms with Gasteiger partial charge in [-0.15, -0.1) is 0 Å². The van der Waals surface area contributed by atoms with Gasteiger partial charge in [0.1, 0.15) is 6.10 Å². The van der Waals surface area contributed by atoms with E-state index in [0.29, 0.717) is 18.3 Å². The van der Waals surface area contributed by atoms with Crippen LogP contribution < -0.4 is 5.32 Å². The quantitative estimate of drug-likeness (QED) is 0.714. The normalized spacial score (nSPS) is 13.2. The number of hydrogen-bond acceptors (Lipinski definition) is 5. The van der Waals surface area contributed by atoms with Crippen molar-refractivity contribution >= 4 is 0 Å². The standard InChI is InChI=1S/C7H13N3O2/c1-5(11-3)7-9-6(4-8-2)12-10-7/h5,8H,4H2,1-3H3/t5-/m1/s1. The van der Waals surface area contributed by atoms with Crippen molar-refractivity contribution < 1.29 is 9.26 Å². The lowest BCUT2D eigenvalue weighted by Gasteiger charge is -2.00. The summed E-state index contributed by atoms with van der Waals surface area (Å²) in [6, 6.07) is 0. The highest BCUT2D eigenvalue weighted by atomic mass is 16.5. The Hall–Kier alpha value is -0.940. The van der Waals surface area contributed by atoms with Crippen molar-refractivity contribution in [3.63, 3.8) is 0 Å². The van der Waals surface area contributed by atoms with Crippen molar-refractivity contribution in [3.05, 3.63) is 11.7 Å². The van der Waals surface area contributed by atoms with Crippen LogP contribution in [-0.2, 0) is 11.3 Å². The lowest BCUT2D eigenvalue weighted by Crippen LogP contribution is -2.05. The average Bonchev–Trinajstić information content (AvgIpc) is 2.52. The Labute approximate surface area is 71.1 Å². The number of ether oxygens (including phenoxy) is 1. The van der Waals surface area contributed by atoms with Gasteiger partial charge in [-0.25, -0.2) is 0 Å². The summed E-state index contributed by atoms with van der Waals surface area (Å²) in [5.74, 6) is 1.17. The number of methoxy groups -OCH3 is 1. The third kappa shape index (κ3) is 2.02. The summed E-state index contributed by atoms with van der Waals surface area (Å²) in [4.78, 5) is 4.11. The molecule has 1 aromatic rings. The first-order valence-electron chi connectivity index (χ1n) is 3.77. The van der Waals surface area contributed by atoms with E-state index >= 15 is 0 Å². The van der Waals surface area contributed by atoms with Gasteiger partial charge < -0.3 is 14.6 Å². The minimum absolute atomic E-state index is 0.112. The molecule has 1 atom stereocenters. The van der Waals surface area contributed by atoms with Crippen LogP contribution in [0.15, 0.2) is 4.52 Å². The van der Waals surface area contributed by atoms with E-state index in [1.807, 2.05) is 14.0 Å². The van der Waals surface area contributed by atoms with Crippen molar-refractivity contribution in [2.45, 2.75) is 19.6 Å².